The van der Waals surface area contributed by atoms with Gasteiger partial charge in [0.25, 0.3) is 5.91 Å². The van der Waals surface area contributed by atoms with E-state index in [-0.39, 0.29) is 23.4 Å². The number of aryl methyl sites for hydroxylation is 1. The molecule has 0 unspecified atom stereocenters. The summed E-state index contributed by atoms with van der Waals surface area (Å²) >= 11 is 11.9. The molecule has 1 heterocycles. The standard InChI is InChI=1S/C24H22Cl2F3N3O2/c25-18-3-1-4-19(13-18)34-14-15-5-7-17(8-6-15)23(33)30-11-2-12-32-21(16-9-10-16)20(26)22(31-32)24(27,28)29/h1,3-8,13,16H,2,9-12,14H2,(H,30,33). The van der Waals surface area contributed by atoms with Gasteiger partial charge in [0, 0.05) is 29.6 Å². The Balaban J connectivity index is 1.27. The maximum absolute atomic E-state index is 13.2. The minimum absolute atomic E-state index is 0.0204. The van der Waals surface area contributed by atoms with Crippen molar-refractivity contribution in [1.29, 1.82) is 0 Å². The van der Waals surface area contributed by atoms with Crippen molar-refractivity contribution in [2.45, 2.75) is 44.5 Å². The fourth-order valence-corrected chi connectivity index (χ4v) is 4.14. The van der Waals surface area contributed by atoms with Gasteiger partial charge in [-0.05, 0) is 55.2 Å². The van der Waals surface area contributed by atoms with Crippen LogP contribution < -0.4 is 10.1 Å². The Labute approximate surface area is 204 Å². The maximum atomic E-state index is 13.2. The van der Waals surface area contributed by atoms with E-state index in [1.54, 1.807) is 42.5 Å². The van der Waals surface area contributed by atoms with Crippen LogP contribution in [0, 0.1) is 0 Å². The first-order chi connectivity index (χ1) is 16.2. The summed E-state index contributed by atoms with van der Waals surface area (Å²) < 4.78 is 46.5. The number of carbonyl (C=O) groups is 1. The molecular weight excluding hydrogens is 490 g/mol. The van der Waals surface area contributed by atoms with Gasteiger partial charge in [0.1, 0.15) is 12.4 Å². The molecule has 0 aliphatic heterocycles. The zero-order valence-corrected chi connectivity index (χ0v) is 19.6. The first-order valence-corrected chi connectivity index (χ1v) is 11.6. The van der Waals surface area contributed by atoms with Crippen molar-refractivity contribution in [2.75, 3.05) is 6.54 Å². The summed E-state index contributed by atoms with van der Waals surface area (Å²) in [5.74, 6) is 0.409. The van der Waals surface area contributed by atoms with Crippen molar-refractivity contribution in [2.24, 2.45) is 0 Å². The Morgan fingerprint density at radius 3 is 2.53 bits per heavy atom. The second kappa shape index (κ2) is 10.3. The monoisotopic (exact) mass is 511 g/mol. The van der Waals surface area contributed by atoms with Crippen LogP contribution >= 0.6 is 23.2 Å². The minimum Gasteiger partial charge on any atom is -0.489 e. The van der Waals surface area contributed by atoms with Crippen molar-refractivity contribution in [1.82, 2.24) is 15.1 Å². The van der Waals surface area contributed by atoms with Crippen LogP contribution in [-0.4, -0.2) is 22.2 Å². The fourth-order valence-electron chi connectivity index (χ4n) is 3.56. The molecule has 1 saturated carbocycles. The topological polar surface area (TPSA) is 56.2 Å². The molecule has 2 aromatic carbocycles. The number of carbonyl (C=O) groups excluding carboxylic acids is 1. The molecule has 180 valence electrons. The molecule has 10 heteroatoms. The first-order valence-electron chi connectivity index (χ1n) is 10.8. The second-order valence-corrected chi connectivity index (χ2v) is 8.91. The number of rotatable bonds is 9. The molecule has 34 heavy (non-hydrogen) atoms. The number of nitrogens with one attached hydrogen (secondary N) is 1. The minimum atomic E-state index is -4.59. The van der Waals surface area contributed by atoms with Gasteiger partial charge < -0.3 is 10.1 Å². The van der Waals surface area contributed by atoms with E-state index in [0.717, 1.165) is 18.4 Å². The van der Waals surface area contributed by atoms with Crippen LogP contribution in [-0.2, 0) is 19.3 Å². The molecule has 4 rings (SSSR count). The summed E-state index contributed by atoms with van der Waals surface area (Å²) in [4.78, 5) is 12.4. The number of halogens is 5. The van der Waals surface area contributed by atoms with E-state index in [1.807, 2.05) is 6.07 Å². The molecule has 0 radical (unpaired) electrons. The molecule has 1 aromatic heterocycles. The summed E-state index contributed by atoms with van der Waals surface area (Å²) in [6.07, 6.45) is -2.56. The van der Waals surface area contributed by atoms with Crippen molar-refractivity contribution >= 4 is 29.1 Å². The molecule has 1 fully saturated rings. The molecule has 0 spiro atoms. The average molecular weight is 512 g/mol. The van der Waals surface area contributed by atoms with Crippen molar-refractivity contribution in [3.63, 3.8) is 0 Å². The van der Waals surface area contributed by atoms with Crippen LogP contribution in [0.1, 0.15) is 52.5 Å². The number of amides is 1. The molecule has 1 N–H and O–H groups in total. The summed E-state index contributed by atoms with van der Waals surface area (Å²) in [6, 6.07) is 14.1. The molecule has 1 aliphatic carbocycles. The Morgan fingerprint density at radius 2 is 1.88 bits per heavy atom. The van der Waals surface area contributed by atoms with Gasteiger partial charge in [-0.3, -0.25) is 9.48 Å². The largest absolute Gasteiger partial charge is 0.489 e. The lowest BCUT2D eigenvalue weighted by molar-refractivity contribution is -0.141. The first kappa shape index (κ1) is 24.4. The molecule has 0 bridgehead atoms. The molecule has 0 saturated heterocycles. The molecule has 0 atom stereocenters. The average Bonchev–Trinajstić information content (AvgIpc) is 3.57. The van der Waals surface area contributed by atoms with E-state index >= 15 is 0 Å². The predicted octanol–water partition coefficient (Wildman–Crippen LogP) is 6.49. The molecular formula is C24H22Cl2F3N3O2. The number of aromatic nitrogens is 2. The van der Waals surface area contributed by atoms with E-state index in [0.29, 0.717) is 41.6 Å². The van der Waals surface area contributed by atoms with Crippen molar-refractivity contribution < 1.29 is 22.7 Å². The number of ether oxygens (including phenoxy) is 1. The zero-order valence-electron chi connectivity index (χ0n) is 18.0. The SMILES string of the molecule is O=C(NCCCn1nc(C(F)(F)F)c(Cl)c1C1CC1)c1ccc(COc2cccc(Cl)c2)cc1. The highest BCUT2D eigenvalue weighted by atomic mass is 35.5. The van der Waals surface area contributed by atoms with Crippen molar-refractivity contribution in [3.05, 3.63) is 81.1 Å². The van der Waals surface area contributed by atoms with Crippen molar-refractivity contribution in [3.8, 4) is 5.75 Å². The summed E-state index contributed by atoms with van der Waals surface area (Å²) in [5.41, 5.74) is 0.766. The molecule has 3 aromatic rings. The van der Waals surface area contributed by atoms with E-state index in [4.69, 9.17) is 27.9 Å². The quantitative estimate of drug-likeness (QED) is 0.334. The van der Waals surface area contributed by atoms with Crippen LogP contribution in [0.3, 0.4) is 0 Å². The van der Waals surface area contributed by atoms with E-state index < -0.39 is 11.9 Å². The Kier molecular flexibility index (Phi) is 7.38. The van der Waals surface area contributed by atoms with Crippen LogP contribution in [0.5, 0.6) is 5.75 Å². The normalized spacial score (nSPS) is 13.7. The smallest absolute Gasteiger partial charge is 0.436 e. The fraction of sp³-hybridized carbons (Fsp3) is 0.333. The van der Waals surface area contributed by atoms with Gasteiger partial charge in [-0.1, -0.05) is 41.4 Å². The van der Waals surface area contributed by atoms with Gasteiger partial charge in [0.05, 0.1) is 10.7 Å². The summed E-state index contributed by atoms with van der Waals surface area (Å²) in [7, 11) is 0. The number of alkyl halides is 3. The third kappa shape index (κ3) is 6.04. The number of hydrogen-bond acceptors (Lipinski definition) is 3. The van der Waals surface area contributed by atoms with Crippen LogP contribution in [0.25, 0.3) is 0 Å². The lowest BCUT2D eigenvalue weighted by Gasteiger charge is -2.09. The van der Waals surface area contributed by atoms with Gasteiger partial charge in [0.15, 0.2) is 5.69 Å². The number of nitrogens with zero attached hydrogens (tertiary/aromatic N) is 2. The lowest BCUT2D eigenvalue weighted by atomic mass is 10.1. The zero-order chi connectivity index (χ0) is 24.3. The molecule has 1 aliphatic rings. The summed E-state index contributed by atoms with van der Waals surface area (Å²) in [6.45, 7) is 0.862. The third-order valence-electron chi connectivity index (χ3n) is 5.41. The van der Waals surface area contributed by atoms with Gasteiger partial charge in [-0.2, -0.15) is 18.3 Å². The second-order valence-electron chi connectivity index (χ2n) is 8.10. The predicted molar refractivity (Wildman–Crippen MR) is 123 cm³/mol. The van der Waals surface area contributed by atoms with Crippen LogP contribution in [0.15, 0.2) is 48.5 Å². The van der Waals surface area contributed by atoms with Gasteiger partial charge in [-0.15, -0.1) is 0 Å². The Morgan fingerprint density at radius 1 is 1.15 bits per heavy atom. The van der Waals surface area contributed by atoms with Gasteiger partial charge >= 0.3 is 6.18 Å². The Hall–Kier alpha value is -2.71. The molecule has 5 nitrogen and oxygen atoms in total. The Bertz CT molecular complexity index is 1160. The summed E-state index contributed by atoms with van der Waals surface area (Å²) in [5, 5.41) is 6.77. The lowest BCUT2D eigenvalue weighted by Crippen LogP contribution is -2.25. The van der Waals surface area contributed by atoms with E-state index in [9.17, 15) is 18.0 Å². The number of benzene rings is 2. The highest BCUT2D eigenvalue weighted by Gasteiger charge is 2.41. The maximum Gasteiger partial charge on any atom is 0.436 e. The highest BCUT2D eigenvalue weighted by molar-refractivity contribution is 6.32. The van der Waals surface area contributed by atoms with Gasteiger partial charge in [0.2, 0.25) is 0 Å². The van der Waals surface area contributed by atoms with Crippen LogP contribution in [0.2, 0.25) is 10.0 Å². The van der Waals surface area contributed by atoms with E-state index in [2.05, 4.69) is 10.4 Å². The van der Waals surface area contributed by atoms with Gasteiger partial charge in [-0.25, -0.2) is 0 Å². The highest BCUT2D eigenvalue weighted by Crippen LogP contribution is 2.46. The third-order valence-corrected chi connectivity index (χ3v) is 6.02. The van der Waals surface area contributed by atoms with Crippen LogP contribution in [0.4, 0.5) is 13.2 Å². The molecule has 1 amide bonds. The number of hydrogen-bond donors (Lipinski definition) is 1. The van der Waals surface area contributed by atoms with E-state index in [1.165, 1.54) is 4.68 Å².